The molecule has 4 rings (SSSR count). The second-order valence-corrected chi connectivity index (χ2v) is 9.57. The van der Waals surface area contributed by atoms with Crippen LogP contribution in [0.15, 0.2) is 53.4 Å². The summed E-state index contributed by atoms with van der Waals surface area (Å²) in [4.78, 5) is 23.3. The molecule has 0 radical (unpaired) electrons. The molecule has 1 aliphatic rings. The van der Waals surface area contributed by atoms with E-state index < -0.39 is 22.0 Å². The summed E-state index contributed by atoms with van der Waals surface area (Å²) in [5.74, 6) is -0.275. The summed E-state index contributed by atoms with van der Waals surface area (Å²) in [5, 5.41) is 21.4. The number of aromatic nitrogens is 2. The summed E-state index contributed by atoms with van der Waals surface area (Å²) in [7, 11) is -3.67. The van der Waals surface area contributed by atoms with E-state index in [1.165, 1.54) is 16.4 Å². The van der Waals surface area contributed by atoms with Crippen LogP contribution in [0.2, 0.25) is 0 Å². The minimum absolute atomic E-state index is 0.119. The Bertz CT molecular complexity index is 1230. The topological polar surface area (TPSA) is 144 Å². The van der Waals surface area contributed by atoms with Gasteiger partial charge in [-0.2, -0.15) is 9.40 Å². The predicted molar refractivity (Wildman–Crippen MR) is 118 cm³/mol. The number of carbonyl (C=O) groups excluding carboxylic acids is 1. The summed E-state index contributed by atoms with van der Waals surface area (Å²) in [6.07, 6.45) is 0.101. The third-order valence-electron chi connectivity index (χ3n) is 5.55. The highest BCUT2D eigenvalue weighted by atomic mass is 32.2. The van der Waals surface area contributed by atoms with Crippen LogP contribution in [0.25, 0.3) is 10.9 Å². The van der Waals surface area contributed by atoms with E-state index in [9.17, 15) is 18.0 Å². The SMILES string of the molecule is O=C(O)NCC1CCN(S(=O)(=O)c2ccc(NC(=O)c3n[nH]c4ccccc34)cc2)CC1. The van der Waals surface area contributed by atoms with Gasteiger partial charge in [0.2, 0.25) is 10.0 Å². The molecule has 4 N–H and O–H groups in total. The zero-order chi connectivity index (χ0) is 22.7. The van der Waals surface area contributed by atoms with Crippen molar-refractivity contribution < 1.29 is 23.1 Å². The summed E-state index contributed by atoms with van der Waals surface area (Å²) in [6.45, 7) is 0.987. The van der Waals surface area contributed by atoms with Gasteiger partial charge in [-0.1, -0.05) is 18.2 Å². The van der Waals surface area contributed by atoms with E-state index in [0.29, 0.717) is 43.5 Å². The molecule has 1 saturated heterocycles. The summed E-state index contributed by atoms with van der Waals surface area (Å²) < 4.78 is 27.3. The molecule has 1 aromatic heterocycles. The van der Waals surface area contributed by atoms with Crippen molar-refractivity contribution in [1.82, 2.24) is 19.8 Å². The van der Waals surface area contributed by atoms with Crippen LogP contribution in [0.3, 0.4) is 0 Å². The first-order valence-electron chi connectivity index (χ1n) is 10.2. The lowest BCUT2D eigenvalue weighted by Crippen LogP contribution is -2.41. The van der Waals surface area contributed by atoms with Crippen LogP contribution in [0.5, 0.6) is 0 Å². The van der Waals surface area contributed by atoms with E-state index in [2.05, 4.69) is 20.8 Å². The van der Waals surface area contributed by atoms with Crippen molar-refractivity contribution in [2.24, 2.45) is 5.92 Å². The van der Waals surface area contributed by atoms with E-state index >= 15 is 0 Å². The maximum absolute atomic E-state index is 12.9. The maximum Gasteiger partial charge on any atom is 0.404 e. The number of hydrogen-bond donors (Lipinski definition) is 4. The Morgan fingerprint density at radius 1 is 1.09 bits per heavy atom. The molecule has 32 heavy (non-hydrogen) atoms. The minimum Gasteiger partial charge on any atom is -0.465 e. The number of H-pyrrole nitrogens is 1. The van der Waals surface area contributed by atoms with Gasteiger partial charge in [-0.15, -0.1) is 0 Å². The monoisotopic (exact) mass is 457 g/mol. The van der Waals surface area contributed by atoms with Gasteiger partial charge in [0.05, 0.1) is 10.4 Å². The number of anilines is 1. The average Bonchev–Trinajstić information content (AvgIpc) is 3.23. The number of carbonyl (C=O) groups is 2. The number of amides is 2. The molecule has 0 saturated carbocycles. The molecule has 1 aliphatic heterocycles. The van der Waals surface area contributed by atoms with Crippen molar-refractivity contribution >= 4 is 38.6 Å². The van der Waals surface area contributed by atoms with Gasteiger partial charge in [-0.25, -0.2) is 13.2 Å². The standard InChI is InChI=1S/C21H23N5O5S/c27-20(19-17-3-1-2-4-18(17)24-25-19)23-15-5-7-16(8-6-15)32(30,31)26-11-9-14(10-12-26)13-22-21(28)29/h1-8,14,22H,9-13H2,(H,23,27)(H,24,25)(H,28,29). The second kappa shape index (κ2) is 8.97. The number of nitrogens with one attached hydrogen (secondary N) is 3. The van der Waals surface area contributed by atoms with E-state index in [4.69, 9.17) is 5.11 Å². The zero-order valence-corrected chi connectivity index (χ0v) is 17.9. The Labute approximate surface area is 184 Å². The Balaban J connectivity index is 1.39. The fourth-order valence-corrected chi connectivity index (χ4v) is 5.24. The molecule has 168 valence electrons. The lowest BCUT2D eigenvalue weighted by Gasteiger charge is -2.31. The predicted octanol–water partition coefficient (Wildman–Crippen LogP) is 2.48. The number of fused-ring (bicyclic) bond motifs is 1. The highest BCUT2D eigenvalue weighted by Gasteiger charge is 2.29. The summed E-state index contributed by atoms with van der Waals surface area (Å²) >= 11 is 0. The molecule has 0 bridgehead atoms. The van der Waals surface area contributed by atoms with Crippen LogP contribution in [0.1, 0.15) is 23.3 Å². The smallest absolute Gasteiger partial charge is 0.404 e. The molecule has 0 aliphatic carbocycles. The van der Waals surface area contributed by atoms with Gasteiger partial charge < -0.3 is 15.7 Å². The van der Waals surface area contributed by atoms with Gasteiger partial charge >= 0.3 is 6.09 Å². The van der Waals surface area contributed by atoms with Crippen LogP contribution in [0.4, 0.5) is 10.5 Å². The van der Waals surface area contributed by atoms with Gasteiger partial charge in [-0.05, 0) is 49.1 Å². The van der Waals surface area contributed by atoms with E-state index in [0.717, 1.165) is 5.52 Å². The molecular formula is C21H23N5O5S. The van der Waals surface area contributed by atoms with Crippen molar-refractivity contribution in [3.8, 4) is 0 Å². The van der Waals surface area contributed by atoms with Crippen LogP contribution in [0, 0.1) is 5.92 Å². The number of aromatic amines is 1. The molecule has 11 heteroatoms. The molecule has 1 fully saturated rings. The number of sulfonamides is 1. The fourth-order valence-electron chi connectivity index (χ4n) is 3.77. The van der Waals surface area contributed by atoms with E-state index in [1.807, 2.05) is 18.2 Å². The average molecular weight is 458 g/mol. The summed E-state index contributed by atoms with van der Waals surface area (Å²) in [6, 6.07) is 13.3. The molecule has 0 spiro atoms. The maximum atomic E-state index is 12.9. The lowest BCUT2D eigenvalue weighted by molar-refractivity contribution is 0.102. The van der Waals surface area contributed by atoms with Gasteiger partial charge in [0.15, 0.2) is 5.69 Å². The molecule has 3 aromatic rings. The van der Waals surface area contributed by atoms with Crippen molar-refractivity contribution in [2.45, 2.75) is 17.7 Å². The third kappa shape index (κ3) is 4.58. The molecule has 0 atom stereocenters. The molecule has 0 unspecified atom stereocenters. The number of benzene rings is 2. The number of carboxylic acid groups (broad SMARTS) is 1. The Morgan fingerprint density at radius 2 is 1.78 bits per heavy atom. The van der Waals surface area contributed by atoms with Crippen LogP contribution >= 0.6 is 0 Å². The first kappa shape index (κ1) is 21.8. The summed E-state index contributed by atoms with van der Waals surface area (Å²) in [5.41, 5.74) is 1.47. The van der Waals surface area contributed by atoms with E-state index in [-0.39, 0.29) is 16.5 Å². The van der Waals surface area contributed by atoms with Crippen molar-refractivity contribution in [2.75, 3.05) is 25.0 Å². The molecule has 2 heterocycles. The number of piperidine rings is 1. The fraction of sp³-hybridized carbons (Fsp3) is 0.286. The molecular weight excluding hydrogens is 434 g/mol. The largest absolute Gasteiger partial charge is 0.465 e. The van der Waals surface area contributed by atoms with Crippen LogP contribution < -0.4 is 10.6 Å². The zero-order valence-electron chi connectivity index (χ0n) is 17.1. The highest BCUT2D eigenvalue weighted by molar-refractivity contribution is 7.89. The van der Waals surface area contributed by atoms with Gasteiger partial charge in [0.25, 0.3) is 5.91 Å². The van der Waals surface area contributed by atoms with Crippen LogP contribution in [-0.2, 0) is 10.0 Å². The van der Waals surface area contributed by atoms with Crippen molar-refractivity contribution in [3.63, 3.8) is 0 Å². The normalized spacial score (nSPS) is 15.5. The third-order valence-corrected chi connectivity index (χ3v) is 7.46. The first-order valence-corrected chi connectivity index (χ1v) is 11.6. The Morgan fingerprint density at radius 3 is 2.47 bits per heavy atom. The second-order valence-electron chi connectivity index (χ2n) is 7.63. The quantitative estimate of drug-likeness (QED) is 0.448. The Hall–Kier alpha value is -3.44. The van der Waals surface area contributed by atoms with Gasteiger partial charge in [0.1, 0.15) is 0 Å². The lowest BCUT2D eigenvalue weighted by atomic mass is 9.98. The van der Waals surface area contributed by atoms with Gasteiger partial charge in [0, 0.05) is 30.7 Å². The number of hydrogen-bond acceptors (Lipinski definition) is 5. The number of para-hydroxylation sites is 1. The Kier molecular flexibility index (Phi) is 6.10. The first-order chi connectivity index (χ1) is 15.3. The number of rotatable bonds is 6. The van der Waals surface area contributed by atoms with Crippen molar-refractivity contribution in [3.05, 3.63) is 54.2 Å². The van der Waals surface area contributed by atoms with Gasteiger partial charge in [-0.3, -0.25) is 9.89 Å². The number of nitrogens with zero attached hydrogens (tertiary/aromatic N) is 2. The highest BCUT2D eigenvalue weighted by Crippen LogP contribution is 2.25. The molecule has 10 nitrogen and oxygen atoms in total. The van der Waals surface area contributed by atoms with E-state index in [1.54, 1.807) is 18.2 Å². The molecule has 2 amide bonds. The minimum atomic E-state index is -3.67. The van der Waals surface area contributed by atoms with Crippen LogP contribution in [-0.4, -0.2) is 59.7 Å². The molecule has 2 aromatic carbocycles. The van der Waals surface area contributed by atoms with Crippen molar-refractivity contribution in [1.29, 1.82) is 0 Å².